The Morgan fingerprint density at radius 3 is 1.50 bits per heavy atom. The van der Waals surface area contributed by atoms with E-state index in [4.69, 9.17) is 8.53 Å². The topological polar surface area (TPSA) is 35.5 Å². The minimum atomic E-state index is -0.296. The molecule has 3 nitrogen and oxygen atoms in total. The van der Waals surface area contributed by atoms with Crippen molar-refractivity contribution in [2.24, 2.45) is 0 Å². The zero-order chi connectivity index (χ0) is 19.3. The molecule has 0 aromatic carbocycles. The Balaban J connectivity index is 3.15. The van der Waals surface area contributed by atoms with Gasteiger partial charge in [-0.05, 0) is 13.3 Å². The molecule has 1 radical (unpaired) electrons. The smallest absolute Gasteiger partial charge is 0.494 e. The summed E-state index contributed by atoms with van der Waals surface area (Å²) in [5, 5.41) is 0. The van der Waals surface area contributed by atoms with Crippen LogP contribution in [0.3, 0.4) is 0 Å². The standard InChI is InChI=1S/C22H42O3.Al.H/c1-3-4-5-6-7-8-9-10-11-12-13-14-15-16-17-18-19-25-22(24)20-21(2)23;;/h20,23H,3-19H2,1-2H3;;/q;+1;/p-1. The third-order valence-corrected chi connectivity index (χ3v) is 5.25. The first-order chi connectivity index (χ1) is 12.7. The van der Waals surface area contributed by atoms with E-state index < -0.39 is 0 Å². The molecule has 0 bridgehead atoms. The number of hydrogen-bond donors (Lipinski definition) is 0. The van der Waals surface area contributed by atoms with Crippen LogP contribution in [0.25, 0.3) is 0 Å². The Bertz CT molecular complexity index is 342. The number of carbonyl (C=O) groups excluding carboxylic acids is 1. The molecule has 151 valence electrons. The molecule has 0 aromatic rings. The summed E-state index contributed by atoms with van der Waals surface area (Å²) in [6, 6.07) is 0. The number of unbranched alkanes of at least 4 members (excludes halogenated alkanes) is 15. The van der Waals surface area contributed by atoms with Crippen molar-refractivity contribution in [1.29, 1.82) is 0 Å². The van der Waals surface area contributed by atoms with Crippen LogP contribution in [-0.4, -0.2) is 29.2 Å². The number of hydrogen-bond acceptors (Lipinski definition) is 3. The molecule has 0 spiro atoms. The summed E-state index contributed by atoms with van der Waals surface area (Å²) in [4.78, 5) is 11.4. The molecule has 0 N–H and O–H groups in total. The van der Waals surface area contributed by atoms with Crippen molar-refractivity contribution < 1.29 is 13.3 Å². The van der Waals surface area contributed by atoms with Crippen molar-refractivity contribution in [1.82, 2.24) is 0 Å². The molecule has 0 saturated carbocycles. The maximum absolute atomic E-state index is 11.4. The number of rotatable bonds is 19. The normalized spacial score (nSPS) is 11.5. The van der Waals surface area contributed by atoms with Gasteiger partial charge in [-0.25, -0.2) is 4.79 Å². The van der Waals surface area contributed by atoms with E-state index in [1.165, 1.54) is 113 Å². The predicted octanol–water partition coefficient (Wildman–Crippen LogP) is 6.53. The number of allylic oxidation sites excluding steroid dienone is 1. The molecule has 0 aliphatic rings. The average molecular weight is 382 g/mol. The van der Waals surface area contributed by atoms with Crippen molar-refractivity contribution in [3.05, 3.63) is 11.8 Å². The van der Waals surface area contributed by atoms with Crippen LogP contribution >= 0.6 is 0 Å². The molecular formula is C22H42AlO3. The lowest BCUT2D eigenvalue weighted by Crippen LogP contribution is -2.03. The van der Waals surface area contributed by atoms with Gasteiger partial charge >= 0.3 is 22.6 Å². The predicted molar refractivity (Wildman–Crippen MR) is 112 cm³/mol. The lowest BCUT2D eigenvalue weighted by Gasteiger charge is -2.05. The first-order valence-electron chi connectivity index (χ1n) is 11.0. The SMILES string of the molecule is CCCCCCCCCCCCCCCCCCOC(=O)C=C(C)[O][AlH]. The fourth-order valence-electron chi connectivity index (χ4n) is 3.07. The molecule has 0 aliphatic carbocycles. The second kappa shape index (κ2) is 20.8. The van der Waals surface area contributed by atoms with Crippen molar-refractivity contribution >= 4 is 22.6 Å². The first kappa shape index (κ1) is 25.5. The molecule has 0 aromatic heterocycles. The zero-order valence-corrected chi connectivity index (χ0v) is 18.9. The van der Waals surface area contributed by atoms with Crippen LogP contribution in [0.1, 0.15) is 117 Å². The van der Waals surface area contributed by atoms with Crippen LogP contribution in [0, 0.1) is 0 Å². The highest BCUT2D eigenvalue weighted by molar-refractivity contribution is 5.99. The number of carbonyl (C=O) groups is 1. The van der Waals surface area contributed by atoms with Gasteiger partial charge in [0.2, 0.25) is 0 Å². The summed E-state index contributed by atoms with van der Waals surface area (Å²) >= 11 is 1.36. The van der Waals surface area contributed by atoms with E-state index in [1.807, 2.05) is 0 Å². The molecular weight excluding hydrogens is 339 g/mol. The van der Waals surface area contributed by atoms with Gasteiger partial charge in [0, 0.05) is 0 Å². The van der Waals surface area contributed by atoms with Crippen molar-refractivity contribution in [2.45, 2.75) is 117 Å². The Morgan fingerprint density at radius 2 is 1.12 bits per heavy atom. The van der Waals surface area contributed by atoms with Crippen LogP contribution < -0.4 is 0 Å². The summed E-state index contributed by atoms with van der Waals surface area (Å²) in [5.74, 6) is 0.301. The molecule has 0 amide bonds. The van der Waals surface area contributed by atoms with E-state index in [2.05, 4.69) is 6.92 Å². The summed E-state index contributed by atoms with van der Waals surface area (Å²) in [7, 11) is 0. The number of esters is 1. The minimum absolute atomic E-state index is 0.296. The van der Waals surface area contributed by atoms with Gasteiger partial charge in [-0.2, -0.15) is 0 Å². The monoisotopic (exact) mass is 381 g/mol. The molecule has 0 aliphatic heterocycles. The third kappa shape index (κ3) is 19.9. The Kier molecular flexibility index (Phi) is 20.5. The number of ether oxygens (including phenoxy) is 1. The first-order valence-corrected chi connectivity index (χ1v) is 11.6. The Morgan fingerprint density at radius 1 is 0.731 bits per heavy atom. The zero-order valence-electron chi connectivity index (χ0n) is 17.5. The molecule has 0 atom stereocenters. The van der Waals surface area contributed by atoms with Crippen LogP contribution in [0.15, 0.2) is 11.8 Å². The van der Waals surface area contributed by atoms with Crippen molar-refractivity contribution in [3.63, 3.8) is 0 Å². The molecule has 0 fully saturated rings. The van der Waals surface area contributed by atoms with Gasteiger partial charge in [0.25, 0.3) is 0 Å². The van der Waals surface area contributed by atoms with Crippen molar-refractivity contribution in [2.75, 3.05) is 6.61 Å². The van der Waals surface area contributed by atoms with Crippen LogP contribution in [0.5, 0.6) is 0 Å². The van der Waals surface area contributed by atoms with Crippen LogP contribution in [0.2, 0.25) is 0 Å². The third-order valence-electron chi connectivity index (χ3n) is 4.79. The van der Waals surface area contributed by atoms with Gasteiger partial charge in [-0.15, -0.1) is 0 Å². The van der Waals surface area contributed by atoms with Gasteiger partial charge < -0.3 is 8.53 Å². The molecule has 0 unspecified atom stereocenters. The average Bonchev–Trinajstić information content (AvgIpc) is 2.64. The second-order valence-electron chi connectivity index (χ2n) is 7.37. The van der Waals surface area contributed by atoms with E-state index in [9.17, 15) is 4.79 Å². The van der Waals surface area contributed by atoms with E-state index >= 15 is 0 Å². The van der Waals surface area contributed by atoms with Gasteiger partial charge in [-0.3, -0.25) is 0 Å². The van der Waals surface area contributed by atoms with Crippen LogP contribution in [-0.2, 0) is 13.3 Å². The maximum atomic E-state index is 11.4. The summed E-state index contributed by atoms with van der Waals surface area (Å²) in [6.07, 6.45) is 23.0. The van der Waals surface area contributed by atoms with Gasteiger partial charge in [0.15, 0.2) is 0 Å². The largest absolute Gasteiger partial charge is 0.653 e. The second-order valence-corrected chi connectivity index (χ2v) is 7.66. The van der Waals surface area contributed by atoms with Crippen LogP contribution in [0.4, 0.5) is 0 Å². The van der Waals surface area contributed by atoms with E-state index in [1.54, 1.807) is 6.92 Å². The Hall–Kier alpha value is -0.458. The van der Waals surface area contributed by atoms with E-state index in [0.717, 1.165) is 12.8 Å². The van der Waals surface area contributed by atoms with Gasteiger partial charge in [0.05, 0.1) is 18.4 Å². The van der Waals surface area contributed by atoms with E-state index in [0.29, 0.717) is 12.4 Å². The van der Waals surface area contributed by atoms with Crippen molar-refractivity contribution in [3.8, 4) is 0 Å². The molecule has 0 rings (SSSR count). The fraction of sp³-hybridized carbons (Fsp3) is 0.864. The summed E-state index contributed by atoms with van der Waals surface area (Å²) < 4.78 is 10.1. The highest BCUT2D eigenvalue weighted by Crippen LogP contribution is 2.13. The summed E-state index contributed by atoms with van der Waals surface area (Å²) in [5.41, 5.74) is 0. The molecule has 4 heteroatoms. The molecule has 0 heterocycles. The Labute approximate surface area is 171 Å². The quantitative estimate of drug-likeness (QED) is 0.0839. The molecule has 0 saturated heterocycles. The minimum Gasteiger partial charge on any atom is -0.653 e. The molecule has 26 heavy (non-hydrogen) atoms. The lowest BCUT2D eigenvalue weighted by molar-refractivity contribution is -0.138. The summed E-state index contributed by atoms with van der Waals surface area (Å²) in [6.45, 7) is 4.55. The fourth-order valence-corrected chi connectivity index (χ4v) is 3.16. The highest BCUT2D eigenvalue weighted by atomic mass is 27.1. The van der Waals surface area contributed by atoms with Gasteiger partial charge in [0.1, 0.15) is 0 Å². The highest BCUT2D eigenvalue weighted by Gasteiger charge is 1.99. The maximum Gasteiger partial charge on any atom is 0.494 e. The van der Waals surface area contributed by atoms with E-state index in [-0.39, 0.29) is 5.97 Å². The van der Waals surface area contributed by atoms with Gasteiger partial charge in [-0.1, -0.05) is 103 Å². The lowest BCUT2D eigenvalue weighted by atomic mass is 10.0.